The molecule has 0 bridgehead atoms. The molecule has 1 heterocycles. The van der Waals surface area contributed by atoms with Crippen LogP contribution in [-0.2, 0) is 0 Å². The van der Waals surface area contributed by atoms with Crippen LogP contribution in [-0.4, -0.2) is 10.3 Å². The monoisotopic (exact) mass is 354 g/mol. The van der Waals surface area contributed by atoms with Crippen LogP contribution in [0, 0.1) is 0 Å². The predicted molar refractivity (Wildman–Crippen MR) is 92.7 cm³/mol. The number of halogens is 2. The molecule has 2 aromatic rings. The highest BCUT2D eigenvalue weighted by atomic mass is 35.5. The zero-order valence-electron chi connectivity index (χ0n) is 10.9. The number of rotatable bonds is 4. The maximum atomic E-state index is 6.54. The van der Waals surface area contributed by atoms with E-state index in [-0.39, 0.29) is 5.38 Å². The maximum Gasteiger partial charge on any atom is 0.199 e. The summed E-state index contributed by atoms with van der Waals surface area (Å²) in [4.78, 5) is 0.324. The van der Waals surface area contributed by atoms with Crippen LogP contribution in [0.2, 0.25) is 0 Å². The predicted octanol–water partition coefficient (Wildman–Crippen LogP) is 5.92. The zero-order chi connectivity index (χ0) is 14.7. The van der Waals surface area contributed by atoms with E-state index in [0.29, 0.717) is 5.03 Å². The van der Waals surface area contributed by atoms with Crippen molar-refractivity contribution in [3.8, 4) is 5.75 Å². The van der Waals surface area contributed by atoms with Crippen molar-refractivity contribution >= 4 is 46.3 Å². The summed E-state index contributed by atoms with van der Waals surface area (Å²) in [6, 6.07) is 12.0. The van der Waals surface area contributed by atoms with E-state index < -0.39 is 4.93 Å². The summed E-state index contributed by atoms with van der Waals surface area (Å²) in [6.07, 6.45) is 5.55. The lowest BCUT2D eigenvalue weighted by Crippen LogP contribution is -2.40. The average molecular weight is 355 g/mol. The van der Waals surface area contributed by atoms with Crippen molar-refractivity contribution in [1.29, 1.82) is 0 Å². The minimum Gasteiger partial charge on any atom is -0.470 e. The van der Waals surface area contributed by atoms with Crippen molar-refractivity contribution < 1.29 is 4.74 Å². The first kappa shape index (κ1) is 15.0. The average Bonchev–Trinajstić information content (AvgIpc) is 2.97. The Hall–Kier alpha value is -0.870. The molecule has 0 radical (unpaired) electrons. The first-order valence-electron chi connectivity index (χ1n) is 6.34. The van der Waals surface area contributed by atoms with Gasteiger partial charge < -0.3 is 4.74 Å². The number of alkyl halides is 1. The third-order valence-corrected chi connectivity index (χ3v) is 5.72. The molecule has 0 aliphatic heterocycles. The Labute approximate surface area is 142 Å². The van der Waals surface area contributed by atoms with Crippen molar-refractivity contribution in [1.82, 2.24) is 0 Å². The molecule has 1 aliphatic rings. The van der Waals surface area contributed by atoms with Crippen LogP contribution in [0.5, 0.6) is 5.75 Å². The van der Waals surface area contributed by atoms with E-state index in [1.807, 2.05) is 59.3 Å². The Morgan fingerprint density at radius 1 is 1.19 bits per heavy atom. The summed E-state index contributed by atoms with van der Waals surface area (Å²) < 4.78 is 6.20. The van der Waals surface area contributed by atoms with Gasteiger partial charge in [0.2, 0.25) is 0 Å². The molecule has 2 atom stereocenters. The fourth-order valence-corrected chi connectivity index (χ4v) is 4.33. The van der Waals surface area contributed by atoms with E-state index in [0.717, 1.165) is 10.6 Å². The molecule has 0 fully saturated rings. The van der Waals surface area contributed by atoms with Crippen molar-refractivity contribution in [2.24, 2.45) is 0 Å². The van der Waals surface area contributed by atoms with E-state index in [4.69, 9.17) is 27.9 Å². The number of hydrogen-bond donors (Lipinski definition) is 0. The van der Waals surface area contributed by atoms with E-state index in [1.54, 1.807) is 29.2 Å². The molecule has 0 spiro atoms. The smallest absolute Gasteiger partial charge is 0.199 e. The van der Waals surface area contributed by atoms with Gasteiger partial charge in [-0.2, -0.15) is 0 Å². The molecular formula is C16H12Cl2OS2. The fraction of sp³-hybridized carbons (Fsp3) is 0.125. The molecule has 0 N–H and O–H groups in total. The quantitative estimate of drug-likeness (QED) is 0.498. The Balaban J connectivity index is 1.96. The van der Waals surface area contributed by atoms with Gasteiger partial charge in [-0.05, 0) is 35.7 Å². The highest BCUT2D eigenvalue weighted by Crippen LogP contribution is 2.44. The summed E-state index contributed by atoms with van der Waals surface area (Å²) in [6.45, 7) is 0. The van der Waals surface area contributed by atoms with Crippen LogP contribution in [0.3, 0.4) is 0 Å². The van der Waals surface area contributed by atoms with Crippen molar-refractivity contribution in [3.05, 3.63) is 70.4 Å². The summed E-state index contributed by atoms with van der Waals surface area (Å²) >= 11 is 15.9. The largest absolute Gasteiger partial charge is 0.470 e. The first-order valence-corrected chi connectivity index (χ1v) is 8.91. The van der Waals surface area contributed by atoms with Gasteiger partial charge >= 0.3 is 0 Å². The van der Waals surface area contributed by atoms with Crippen molar-refractivity contribution in [2.45, 2.75) is 15.2 Å². The number of benzene rings is 1. The van der Waals surface area contributed by atoms with Gasteiger partial charge in [0.05, 0.1) is 0 Å². The van der Waals surface area contributed by atoms with Crippen LogP contribution in [0.1, 0.15) is 0 Å². The summed E-state index contributed by atoms with van der Waals surface area (Å²) in [5.74, 6) is 0.796. The van der Waals surface area contributed by atoms with Crippen molar-refractivity contribution in [3.63, 3.8) is 0 Å². The number of thioether (sulfide) groups is 1. The molecule has 3 rings (SSSR count). The van der Waals surface area contributed by atoms with Gasteiger partial charge in [0.1, 0.15) is 11.1 Å². The highest BCUT2D eigenvalue weighted by molar-refractivity contribution is 8.00. The fourth-order valence-electron chi connectivity index (χ4n) is 1.99. The second-order valence-electron chi connectivity index (χ2n) is 4.49. The lowest BCUT2D eigenvalue weighted by molar-refractivity contribution is 0.221. The van der Waals surface area contributed by atoms with E-state index in [2.05, 4.69) is 0 Å². The Morgan fingerprint density at radius 3 is 2.71 bits per heavy atom. The third-order valence-electron chi connectivity index (χ3n) is 2.94. The summed E-state index contributed by atoms with van der Waals surface area (Å²) in [7, 11) is 0. The van der Waals surface area contributed by atoms with Crippen LogP contribution in [0.4, 0.5) is 0 Å². The molecular weight excluding hydrogens is 343 g/mol. The lowest BCUT2D eigenvalue weighted by atomic mass is 10.1. The SMILES string of the molecule is ClC1=CC(Oc2ccsc2)(Sc2ccccc2)C(Cl)C=C1. The molecule has 108 valence electrons. The standard InChI is InChI=1S/C16H12Cl2OS2/c17-12-6-7-15(18)16(10-12,19-13-8-9-20-11-13)21-14-4-2-1-3-5-14/h1-11,15H. The van der Waals surface area contributed by atoms with Crippen LogP contribution in [0.15, 0.2) is 75.3 Å². The Morgan fingerprint density at radius 2 is 2.00 bits per heavy atom. The van der Waals surface area contributed by atoms with Gasteiger partial charge in [0.25, 0.3) is 0 Å². The zero-order valence-corrected chi connectivity index (χ0v) is 14.1. The number of ether oxygens (including phenoxy) is 1. The third kappa shape index (κ3) is 3.49. The molecule has 21 heavy (non-hydrogen) atoms. The topological polar surface area (TPSA) is 9.23 Å². The number of hydrogen-bond acceptors (Lipinski definition) is 3. The molecule has 1 nitrogen and oxygen atoms in total. The molecule has 1 aliphatic carbocycles. The van der Waals surface area contributed by atoms with Gasteiger partial charge in [-0.15, -0.1) is 22.9 Å². The van der Waals surface area contributed by atoms with E-state index in [1.165, 1.54) is 0 Å². The van der Waals surface area contributed by atoms with Crippen LogP contribution in [0.25, 0.3) is 0 Å². The van der Waals surface area contributed by atoms with E-state index >= 15 is 0 Å². The van der Waals surface area contributed by atoms with Crippen molar-refractivity contribution in [2.75, 3.05) is 0 Å². The normalized spacial score (nSPS) is 24.7. The second-order valence-corrected chi connectivity index (χ2v) is 7.49. The summed E-state index contributed by atoms with van der Waals surface area (Å²) in [5.41, 5.74) is 0. The molecule has 0 saturated carbocycles. The van der Waals surface area contributed by atoms with Gasteiger partial charge in [0, 0.05) is 15.3 Å². The molecule has 2 unspecified atom stereocenters. The minimum atomic E-state index is -0.754. The van der Waals surface area contributed by atoms with Gasteiger partial charge in [-0.3, -0.25) is 0 Å². The maximum absolute atomic E-state index is 6.54. The minimum absolute atomic E-state index is 0.315. The molecule has 1 aromatic carbocycles. The first-order chi connectivity index (χ1) is 10.2. The van der Waals surface area contributed by atoms with E-state index in [9.17, 15) is 0 Å². The Kier molecular flexibility index (Phi) is 4.65. The molecule has 0 amide bonds. The lowest BCUT2D eigenvalue weighted by Gasteiger charge is -2.35. The molecule has 0 saturated heterocycles. The van der Waals surface area contributed by atoms with Crippen LogP contribution >= 0.6 is 46.3 Å². The molecule has 1 aromatic heterocycles. The summed E-state index contributed by atoms with van der Waals surface area (Å²) in [5, 5.41) is 4.25. The van der Waals surface area contributed by atoms with Gasteiger partial charge in [-0.25, -0.2) is 0 Å². The highest BCUT2D eigenvalue weighted by Gasteiger charge is 2.40. The van der Waals surface area contributed by atoms with Gasteiger partial charge in [0.15, 0.2) is 4.93 Å². The number of allylic oxidation sites excluding steroid dienone is 2. The number of thiophene rings is 1. The second kappa shape index (κ2) is 6.49. The van der Waals surface area contributed by atoms with Gasteiger partial charge in [-0.1, -0.05) is 47.6 Å². The van der Waals surface area contributed by atoms with Crippen LogP contribution < -0.4 is 4.74 Å². The molecule has 5 heteroatoms. The Bertz CT molecular complexity index is 652.